The SMILES string of the molecule is Cc1nc(C)c(C(=O)OCc2nc(N)c3ccccc3n2)s1. The molecule has 3 aromatic rings. The Morgan fingerprint density at radius 3 is 2.73 bits per heavy atom. The number of nitrogens with zero attached hydrogens (tertiary/aromatic N) is 3. The second kappa shape index (κ2) is 5.69. The van der Waals surface area contributed by atoms with Gasteiger partial charge in [0, 0.05) is 5.39 Å². The Balaban J connectivity index is 1.79. The molecule has 0 aliphatic carbocycles. The molecule has 0 amide bonds. The largest absolute Gasteiger partial charge is 0.453 e. The van der Waals surface area contributed by atoms with Crippen LogP contribution in [0, 0.1) is 13.8 Å². The van der Waals surface area contributed by atoms with Gasteiger partial charge in [0.05, 0.1) is 16.2 Å². The molecule has 22 heavy (non-hydrogen) atoms. The number of nitrogen functional groups attached to an aromatic ring is 1. The summed E-state index contributed by atoms with van der Waals surface area (Å²) in [4.78, 5) is 25.3. The van der Waals surface area contributed by atoms with E-state index in [4.69, 9.17) is 10.5 Å². The van der Waals surface area contributed by atoms with Crippen molar-refractivity contribution in [2.24, 2.45) is 0 Å². The van der Waals surface area contributed by atoms with Crippen molar-refractivity contribution in [2.45, 2.75) is 20.5 Å². The highest BCUT2D eigenvalue weighted by Crippen LogP contribution is 2.20. The standard InChI is InChI=1S/C15H14N4O2S/c1-8-13(22-9(2)17-8)15(20)21-7-12-18-11-6-4-3-5-10(11)14(16)19-12/h3-6H,7H2,1-2H3,(H2,16,18,19). The van der Waals surface area contributed by atoms with Crippen LogP contribution in [0.4, 0.5) is 5.82 Å². The van der Waals surface area contributed by atoms with Gasteiger partial charge in [-0.05, 0) is 26.0 Å². The highest BCUT2D eigenvalue weighted by Gasteiger charge is 2.16. The molecule has 112 valence electrons. The van der Waals surface area contributed by atoms with Crippen LogP contribution in [0.15, 0.2) is 24.3 Å². The molecule has 3 rings (SSSR count). The fourth-order valence-corrected chi connectivity index (χ4v) is 2.95. The second-order valence-electron chi connectivity index (χ2n) is 4.77. The van der Waals surface area contributed by atoms with Crippen LogP contribution in [0.1, 0.15) is 26.2 Å². The number of anilines is 1. The van der Waals surface area contributed by atoms with E-state index in [9.17, 15) is 4.79 Å². The van der Waals surface area contributed by atoms with Crippen molar-refractivity contribution in [3.8, 4) is 0 Å². The van der Waals surface area contributed by atoms with E-state index in [0.29, 0.717) is 22.2 Å². The van der Waals surface area contributed by atoms with Gasteiger partial charge in [-0.15, -0.1) is 11.3 Å². The Hall–Kier alpha value is -2.54. The maximum atomic E-state index is 12.1. The number of hydrogen-bond acceptors (Lipinski definition) is 7. The number of fused-ring (bicyclic) bond motifs is 1. The third kappa shape index (κ3) is 2.75. The van der Waals surface area contributed by atoms with Gasteiger partial charge in [0.15, 0.2) is 12.4 Å². The third-order valence-corrected chi connectivity index (χ3v) is 4.15. The summed E-state index contributed by atoms with van der Waals surface area (Å²) in [6.07, 6.45) is 0. The van der Waals surface area contributed by atoms with Crippen LogP contribution in [0.5, 0.6) is 0 Å². The molecular weight excluding hydrogens is 300 g/mol. The number of carbonyl (C=O) groups is 1. The van der Waals surface area contributed by atoms with Crippen LogP contribution in [0.3, 0.4) is 0 Å². The fourth-order valence-electron chi connectivity index (χ4n) is 2.13. The van der Waals surface area contributed by atoms with Crippen molar-refractivity contribution >= 4 is 34.0 Å². The van der Waals surface area contributed by atoms with E-state index in [1.54, 1.807) is 6.92 Å². The lowest BCUT2D eigenvalue weighted by Gasteiger charge is -2.06. The van der Waals surface area contributed by atoms with Crippen molar-refractivity contribution in [3.63, 3.8) is 0 Å². The first-order chi connectivity index (χ1) is 10.5. The summed E-state index contributed by atoms with van der Waals surface area (Å²) in [5.41, 5.74) is 7.30. The van der Waals surface area contributed by atoms with Crippen LogP contribution >= 0.6 is 11.3 Å². The summed E-state index contributed by atoms with van der Waals surface area (Å²) in [5.74, 6) is 0.336. The van der Waals surface area contributed by atoms with Crippen molar-refractivity contribution in [3.05, 3.63) is 45.7 Å². The van der Waals surface area contributed by atoms with Gasteiger partial charge >= 0.3 is 5.97 Å². The quantitative estimate of drug-likeness (QED) is 0.747. The highest BCUT2D eigenvalue weighted by molar-refractivity contribution is 7.13. The number of aromatic nitrogens is 3. The molecule has 0 spiro atoms. The van der Waals surface area contributed by atoms with Gasteiger partial charge in [0.1, 0.15) is 10.7 Å². The van der Waals surface area contributed by atoms with Gasteiger partial charge in [0.25, 0.3) is 0 Å². The fraction of sp³-hybridized carbons (Fsp3) is 0.200. The molecule has 0 saturated heterocycles. The molecule has 2 heterocycles. The number of nitrogens with two attached hydrogens (primary N) is 1. The number of thiazole rings is 1. The molecule has 0 aliphatic heterocycles. The summed E-state index contributed by atoms with van der Waals surface area (Å²) in [7, 11) is 0. The first-order valence-electron chi connectivity index (χ1n) is 6.67. The summed E-state index contributed by atoms with van der Waals surface area (Å²) in [6.45, 7) is 3.61. The predicted octanol–water partition coefficient (Wildman–Crippen LogP) is 2.64. The van der Waals surface area contributed by atoms with E-state index in [0.717, 1.165) is 15.9 Å². The lowest BCUT2D eigenvalue weighted by molar-refractivity contribution is 0.0467. The molecule has 1 aromatic carbocycles. The van der Waals surface area contributed by atoms with Gasteiger partial charge < -0.3 is 10.5 Å². The van der Waals surface area contributed by atoms with Gasteiger partial charge in [-0.3, -0.25) is 0 Å². The maximum Gasteiger partial charge on any atom is 0.350 e. The first kappa shape index (κ1) is 14.4. The van der Waals surface area contributed by atoms with E-state index < -0.39 is 5.97 Å². The van der Waals surface area contributed by atoms with Gasteiger partial charge in [-0.25, -0.2) is 19.7 Å². The molecule has 0 radical (unpaired) electrons. The first-order valence-corrected chi connectivity index (χ1v) is 7.48. The molecule has 0 fully saturated rings. The smallest absolute Gasteiger partial charge is 0.350 e. The average Bonchev–Trinajstić information content (AvgIpc) is 2.84. The van der Waals surface area contributed by atoms with Crippen LogP contribution in [-0.2, 0) is 11.3 Å². The number of carbonyl (C=O) groups excluding carboxylic acids is 1. The second-order valence-corrected chi connectivity index (χ2v) is 5.97. The minimum Gasteiger partial charge on any atom is -0.453 e. The number of rotatable bonds is 3. The van der Waals surface area contributed by atoms with Crippen LogP contribution < -0.4 is 5.73 Å². The van der Waals surface area contributed by atoms with Gasteiger partial charge in [-0.2, -0.15) is 0 Å². The van der Waals surface area contributed by atoms with E-state index in [-0.39, 0.29) is 6.61 Å². The van der Waals surface area contributed by atoms with Crippen molar-refractivity contribution < 1.29 is 9.53 Å². The number of para-hydroxylation sites is 1. The number of aryl methyl sites for hydroxylation is 2. The predicted molar refractivity (Wildman–Crippen MR) is 84.7 cm³/mol. The lowest BCUT2D eigenvalue weighted by Crippen LogP contribution is -2.08. The Morgan fingerprint density at radius 2 is 2.00 bits per heavy atom. The molecule has 2 aromatic heterocycles. The van der Waals surface area contributed by atoms with Gasteiger partial charge in [-0.1, -0.05) is 12.1 Å². The van der Waals surface area contributed by atoms with E-state index in [1.807, 2.05) is 31.2 Å². The van der Waals surface area contributed by atoms with Crippen molar-refractivity contribution in [1.82, 2.24) is 15.0 Å². The Bertz CT molecular complexity index is 860. The molecule has 2 N–H and O–H groups in total. The van der Waals surface area contributed by atoms with Gasteiger partial charge in [0.2, 0.25) is 0 Å². The molecule has 0 atom stereocenters. The van der Waals surface area contributed by atoms with Crippen molar-refractivity contribution in [2.75, 3.05) is 5.73 Å². The molecule has 0 unspecified atom stereocenters. The van der Waals surface area contributed by atoms with Crippen LogP contribution in [-0.4, -0.2) is 20.9 Å². The topological polar surface area (TPSA) is 91.0 Å². The Kier molecular flexibility index (Phi) is 3.72. The van der Waals surface area contributed by atoms with Crippen LogP contribution in [0.25, 0.3) is 10.9 Å². The Labute approximate surface area is 131 Å². The number of esters is 1. The monoisotopic (exact) mass is 314 g/mol. The zero-order valence-electron chi connectivity index (χ0n) is 12.2. The molecule has 7 heteroatoms. The lowest BCUT2D eigenvalue weighted by atomic mass is 10.2. The van der Waals surface area contributed by atoms with Crippen molar-refractivity contribution in [1.29, 1.82) is 0 Å². The van der Waals surface area contributed by atoms with E-state index >= 15 is 0 Å². The highest BCUT2D eigenvalue weighted by atomic mass is 32.1. The average molecular weight is 314 g/mol. The molecule has 6 nitrogen and oxygen atoms in total. The van der Waals surface area contributed by atoms with E-state index in [1.165, 1.54) is 11.3 Å². The molecule has 0 bridgehead atoms. The third-order valence-electron chi connectivity index (χ3n) is 3.10. The zero-order chi connectivity index (χ0) is 15.7. The summed E-state index contributed by atoms with van der Waals surface area (Å²) < 4.78 is 5.26. The summed E-state index contributed by atoms with van der Waals surface area (Å²) in [6, 6.07) is 7.43. The number of hydrogen-bond donors (Lipinski definition) is 1. The molecular formula is C15H14N4O2S. The minimum atomic E-state index is -0.418. The van der Waals surface area contributed by atoms with Crippen LogP contribution in [0.2, 0.25) is 0 Å². The minimum absolute atomic E-state index is 0.0236. The molecule has 0 aliphatic rings. The summed E-state index contributed by atoms with van der Waals surface area (Å²) >= 11 is 1.31. The number of ether oxygens (including phenoxy) is 1. The van der Waals surface area contributed by atoms with E-state index in [2.05, 4.69) is 15.0 Å². The Morgan fingerprint density at radius 1 is 1.23 bits per heavy atom. The zero-order valence-corrected chi connectivity index (χ0v) is 13.0. The summed E-state index contributed by atoms with van der Waals surface area (Å²) in [5, 5.41) is 1.61. The number of benzene rings is 1. The normalized spacial score (nSPS) is 10.8. The molecule has 0 saturated carbocycles. The maximum absolute atomic E-state index is 12.1.